The first-order valence-electron chi connectivity index (χ1n) is 4.99. The first kappa shape index (κ1) is 12.7. The molecule has 0 aliphatic rings. The van der Waals surface area contributed by atoms with Gasteiger partial charge in [-0.1, -0.05) is 18.5 Å². The fraction of sp³-hybridized carbons (Fsp3) is 0.400. The minimum absolute atomic E-state index is 0.0105. The van der Waals surface area contributed by atoms with Gasteiger partial charge in [-0.15, -0.1) is 0 Å². The molecule has 5 nitrogen and oxygen atoms in total. The van der Waals surface area contributed by atoms with E-state index in [1.807, 2.05) is 6.92 Å². The van der Waals surface area contributed by atoms with Gasteiger partial charge in [-0.05, 0) is 18.6 Å². The van der Waals surface area contributed by atoms with E-state index in [4.69, 9.17) is 17.3 Å². The van der Waals surface area contributed by atoms with Gasteiger partial charge in [0.1, 0.15) is 5.69 Å². The van der Waals surface area contributed by atoms with Crippen molar-refractivity contribution in [1.29, 1.82) is 0 Å². The monoisotopic (exact) mass is 243 g/mol. The molecule has 1 aromatic rings. The van der Waals surface area contributed by atoms with Crippen molar-refractivity contribution in [2.45, 2.75) is 19.4 Å². The van der Waals surface area contributed by atoms with E-state index in [2.05, 4.69) is 5.32 Å². The molecule has 1 rings (SSSR count). The van der Waals surface area contributed by atoms with E-state index in [9.17, 15) is 10.1 Å². The predicted octanol–water partition coefficient (Wildman–Crippen LogP) is 2.40. The van der Waals surface area contributed by atoms with Gasteiger partial charge in [0.2, 0.25) is 0 Å². The number of nitrogens with zero attached hydrogens (tertiary/aromatic N) is 1. The molecule has 16 heavy (non-hydrogen) atoms. The summed E-state index contributed by atoms with van der Waals surface area (Å²) < 4.78 is 0. The summed E-state index contributed by atoms with van der Waals surface area (Å²) in [4.78, 5) is 10.3. The SMILES string of the molecule is CCC(CN)Nc1cc(Cl)ccc1[N+](=O)[O-]. The van der Waals surface area contributed by atoms with Gasteiger partial charge < -0.3 is 11.1 Å². The van der Waals surface area contributed by atoms with Gasteiger partial charge in [-0.3, -0.25) is 10.1 Å². The molecule has 88 valence electrons. The van der Waals surface area contributed by atoms with E-state index in [0.717, 1.165) is 6.42 Å². The first-order chi connectivity index (χ1) is 7.58. The average molecular weight is 244 g/mol. The second-order valence-corrected chi connectivity index (χ2v) is 3.84. The van der Waals surface area contributed by atoms with Crippen molar-refractivity contribution < 1.29 is 4.92 Å². The molecule has 0 heterocycles. The lowest BCUT2D eigenvalue weighted by Crippen LogP contribution is -2.28. The van der Waals surface area contributed by atoms with Gasteiger partial charge >= 0.3 is 0 Å². The first-order valence-corrected chi connectivity index (χ1v) is 5.36. The quantitative estimate of drug-likeness (QED) is 0.615. The Morgan fingerprint density at radius 1 is 1.62 bits per heavy atom. The summed E-state index contributed by atoms with van der Waals surface area (Å²) >= 11 is 5.80. The Morgan fingerprint density at radius 3 is 2.81 bits per heavy atom. The van der Waals surface area contributed by atoms with Gasteiger partial charge in [0.25, 0.3) is 5.69 Å². The highest BCUT2D eigenvalue weighted by atomic mass is 35.5. The molecule has 0 aliphatic heterocycles. The summed E-state index contributed by atoms with van der Waals surface area (Å²) in [6.45, 7) is 2.38. The van der Waals surface area contributed by atoms with E-state index in [0.29, 0.717) is 17.3 Å². The van der Waals surface area contributed by atoms with Crippen molar-refractivity contribution in [3.8, 4) is 0 Å². The van der Waals surface area contributed by atoms with Gasteiger partial charge in [0.05, 0.1) is 4.92 Å². The van der Waals surface area contributed by atoms with Crippen LogP contribution in [-0.2, 0) is 0 Å². The van der Waals surface area contributed by atoms with Crippen molar-refractivity contribution in [3.63, 3.8) is 0 Å². The Bertz CT molecular complexity index is 380. The number of rotatable bonds is 5. The number of hydrogen-bond donors (Lipinski definition) is 2. The highest BCUT2D eigenvalue weighted by molar-refractivity contribution is 6.31. The third-order valence-electron chi connectivity index (χ3n) is 2.29. The summed E-state index contributed by atoms with van der Waals surface area (Å²) in [6, 6.07) is 4.43. The number of anilines is 1. The van der Waals surface area contributed by atoms with Crippen LogP contribution in [0.25, 0.3) is 0 Å². The number of nitro benzene ring substituents is 1. The van der Waals surface area contributed by atoms with Crippen LogP contribution in [0.4, 0.5) is 11.4 Å². The Hall–Kier alpha value is -1.33. The summed E-state index contributed by atoms with van der Waals surface area (Å²) in [5.74, 6) is 0. The molecule has 3 N–H and O–H groups in total. The highest BCUT2D eigenvalue weighted by Crippen LogP contribution is 2.28. The number of hydrogen-bond acceptors (Lipinski definition) is 4. The van der Waals surface area contributed by atoms with Crippen molar-refractivity contribution in [2.75, 3.05) is 11.9 Å². The Labute approximate surface area is 98.7 Å². The zero-order chi connectivity index (χ0) is 12.1. The molecule has 0 saturated heterocycles. The molecule has 0 aromatic heterocycles. The standard InChI is InChI=1S/C10H14ClN3O2/c1-2-8(6-12)13-9-5-7(11)3-4-10(9)14(15)16/h3-5,8,13H,2,6,12H2,1H3. The molecule has 0 amide bonds. The van der Waals surface area contributed by atoms with E-state index < -0.39 is 4.92 Å². The van der Waals surface area contributed by atoms with E-state index in [-0.39, 0.29) is 11.7 Å². The molecule has 0 aliphatic carbocycles. The molecule has 0 fully saturated rings. The van der Waals surface area contributed by atoms with Crippen molar-refractivity contribution in [1.82, 2.24) is 0 Å². The molecule has 0 bridgehead atoms. The summed E-state index contributed by atoms with van der Waals surface area (Å²) in [5.41, 5.74) is 5.95. The molecule has 0 radical (unpaired) electrons. The number of benzene rings is 1. The van der Waals surface area contributed by atoms with Crippen molar-refractivity contribution in [3.05, 3.63) is 33.3 Å². The van der Waals surface area contributed by atoms with Crippen LogP contribution in [-0.4, -0.2) is 17.5 Å². The zero-order valence-corrected chi connectivity index (χ0v) is 9.70. The van der Waals surface area contributed by atoms with Crippen molar-refractivity contribution >= 4 is 23.0 Å². The van der Waals surface area contributed by atoms with Crippen LogP contribution in [0.1, 0.15) is 13.3 Å². The number of nitrogens with two attached hydrogens (primary N) is 1. The minimum atomic E-state index is -0.443. The number of nitro groups is 1. The average Bonchev–Trinajstić information content (AvgIpc) is 2.25. The largest absolute Gasteiger partial charge is 0.375 e. The van der Waals surface area contributed by atoms with Crippen LogP contribution in [0.2, 0.25) is 5.02 Å². The van der Waals surface area contributed by atoms with Crippen LogP contribution in [0.15, 0.2) is 18.2 Å². The van der Waals surface area contributed by atoms with Gasteiger partial charge in [0, 0.05) is 23.7 Å². The van der Waals surface area contributed by atoms with Crippen LogP contribution in [0, 0.1) is 10.1 Å². The summed E-state index contributed by atoms with van der Waals surface area (Å²) in [7, 11) is 0. The highest BCUT2D eigenvalue weighted by Gasteiger charge is 2.15. The van der Waals surface area contributed by atoms with E-state index >= 15 is 0 Å². The fourth-order valence-electron chi connectivity index (χ4n) is 1.33. The topological polar surface area (TPSA) is 81.2 Å². The third kappa shape index (κ3) is 3.08. The molecule has 6 heteroatoms. The zero-order valence-electron chi connectivity index (χ0n) is 8.94. The Morgan fingerprint density at radius 2 is 2.31 bits per heavy atom. The molecule has 1 atom stereocenters. The molecule has 0 spiro atoms. The second kappa shape index (κ2) is 5.67. The Balaban J connectivity index is 3.00. The third-order valence-corrected chi connectivity index (χ3v) is 2.53. The van der Waals surface area contributed by atoms with E-state index in [1.165, 1.54) is 18.2 Å². The van der Waals surface area contributed by atoms with Gasteiger partial charge in [-0.2, -0.15) is 0 Å². The van der Waals surface area contributed by atoms with Crippen LogP contribution >= 0.6 is 11.6 Å². The summed E-state index contributed by atoms with van der Waals surface area (Å²) in [6.07, 6.45) is 0.792. The minimum Gasteiger partial charge on any atom is -0.375 e. The van der Waals surface area contributed by atoms with Gasteiger partial charge in [0.15, 0.2) is 0 Å². The lowest BCUT2D eigenvalue weighted by atomic mass is 10.2. The number of halogens is 1. The molecular formula is C10H14ClN3O2. The summed E-state index contributed by atoms with van der Waals surface area (Å²) in [5, 5.41) is 14.3. The van der Waals surface area contributed by atoms with Crippen molar-refractivity contribution in [2.24, 2.45) is 5.73 Å². The lowest BCUT2D eigenvalue weighted by molar-refractivity contribution is -0.384. The maximum atomic E-state index is 10.8. The normalized spacial score (nSPS) is 12.2. The maximum Gasteiger partial charge on any atom is 0.292 e. The molecule has 1 aromatic carbocycles. The second-order valence-electron chi connectivity index (χ2n) is 3.40. The fourth-order valence-corrected chi connectivity index (χ4v) is 1.50. The van der Waals surface area contributed by atoms with Crippen LogP contribution in [0.3, 0.4) is 0 Å². The van der Waals surface area contributed by atoms with Crippen LogP contribution < -0.4 is 11.1 Å². The number of nitrogens with one attached hydrogen (secondary N) is 1. The van der Waals surface area contributed by atoms with Crippen LogP contribution in [0.5, 0.6) is 0 Å². The Kier molecular flexibility index (Phi) is 4.52. The predicted molar refractivity (Wildman–Crippen MR) is 64.9 cm³/mol. The molecule has 0 saturated carbocycles. The lowest BCUT2D eigenvalue weighted by Gasteiger charge is -2.16. The maximum absolute atomic E-state index is 10.8. The molecule has 1 unspecified atom stereocenters. The molecular weight excluding hydrogens is 230 g/mol. The van der Waals surface area contributed by atoms with Gasteiger partial charge in [-0.25, -0.2) is 0 Å². The van der Waals surface area contributed by atoms with E-state index in [1.54, 1.807) is 0 Å². The smallest absolute Gasteiger partial charge is 0.292 e.